The van der Waals surface area contributed by atoms with E-state index in [0.29, 0.717) is 19.3 Å². The van der Waals surface area contributed by atoms with Gasteiger partial charge in [-0.05, 0) is 20.4 Å². The summed E-state index contributed by atoms with van der Waals surface area (Å²) < 4.78 is 0. The molecule has 70 valence electrons. The molecule has 0 saturated carbocycles. The van der Waals surface area contributed by atoms with Crippen molar-refractivity contribution in [2.75, 3.05) is 7.05 Å². The van der Waals surface area contributed by atoms with E-state index in [-0.39, 0.29) is 17.7 Å². The summed E-state index contributed by atoms with van der Waals surface area (Å²) in [6.45, 7) is 1.54. The molecule has 0 aliphatic rings. The van der Waals surface area contributed by atoms with Crippen molar-refractivity contribution in [2.45, 2.75) is 32.2 Å². The van der Waals surface area contributed by atoms with Crippen molar-refractivity contribution in [3.8, 4) is 0 Å². The summed E-state index contributed by atoms with van der Waals surface area (Å²) in [5.74, 6) is -0.197. The summed E-state index contributed by atoms with van der Waals surface area (Å²) in [5, 5.41) is 2.96. The minimum atomic E-state index is -0.321. The van der Waals surface area contributed by atoms with Crippen molar-refractivity contribution in [1.82, 2.24) is 5.32 Å². The monoisotopic (exact) mass is 172 g/mol. The SMILES string of the molecule is CN[C@@H](CCC(N)=O)CC(C)=O. The zero-order chi connectivity index (χ0) is 9.56. The predicted molar refractivity (Wildman–Crippen MR) is 46.6 cm³/mol. The zero-order valence-corrected chi connectivity index (χ0v) is 7.59. The minimum Gasteiger partial charge on any atom is -0.370 e. The first-order valence-corrected chi connectivity index (χ1v) is 4.01. The second kappa shape index (κ2) is 5.71. The Morgan fingerprint density at radius 3 is 2.42 bits per heavy atom. The van der Waals surface area contributed by atoms with Gasteiger partial charge in [0.2, 0.25) is 5.91 Å². The lowest BCUT2D eigenvalue weighted by Gasteiger charge is -2.12. The highest BCUT2D eigenvalue weighted by molar-refractivity contribution is 5.76. The van der Waals surface area contributed by atoms with E-state index in [1.807, 2.05) is 0 Å². The van der Waals surface area contributed by atoms with Crippen LogP contribution in [0.5, 0.6) is 0 Å². The molecule has 1 atom stereocenters. The number of hydrogen-bond acceptors (Lipinski definition) is 3. The molecule has 0 fully saturated rings. The van der Waals surface area contributed by atoms with E-state index < -0.39 is 0 Å². The smallest absolute Gasteiger partial charge is 0.217 e. The lowest BCUT2D eigenvalue weighted by atomic mass is 10.1. The van der Waals surface area contributed by atoms with E-state index in [9.17, 15) is 9.59 Å². The van der Waals surface area contributed by atoms with Gasteiger partial charge in [-0.1, -0.05) is 0 Å². The van der Waals surface area contributed by atoms with Gasteiger partial charge in [0.25, 0.3) is 0 Å². The van der Waals surface area contributed by atoms with Crippen LogP contribution in [0.1, 0.15) is 26.2 Å². The van der Waals surface area contributed by atoms with Crippen LogP contribution in [0.4, 0.5) is 0 Å². The highest BCUT2D eigenvalue weighted by Gasteiger charge is 2.09. The van der Waals surface area contributed by atoms with Gasteiger partial charge in [-0.2, -0.15) is 0 Å². The number of ketones is 1. The fourth-order valence-corrected chi connectivity index (χ4v) is 1.01. The summed E-state index contributed by atoms with van der Waals surface area (Å²) >= 11 is 0. The Labute approximate surface area is 72.5 Å². The molecule has 0 unspecified atom stereocenters. The lowest BCUT2D eigenvalue weighted by molar-refractivity contribution is -0.119. The number of Topliss-reactive ketones (excluding diaryl/α,β-unsaturated/α-hetero) is 1. The molecule has 0 aromatic rings. The van der Waals surface area contributed by atoms with Gasteiger partial charge < -0.3 is 11.1 Å². The molecule has 0 bridgehead atoms. The average molecular weight is 172 g/mol. The number of hydrogen-bond donors (Lipinski definition) is 2. The Morgan fingerprint density at radius 1 is 1.50 bits per heavy atom. The molecular formula is C8H16N2O2. The van der Waals surface area contributed by atoms with E-state index >= 15 is 0 Å². The molecule has 12 heavy (non-hydrogen) atoms. The summed E-state index contributed by atoms with van der Waals surface area (Å²) in [6.07, 6.45) is 1.42. The number of amides is 1. The van der Waals surface area contributed by atoms with Crippen LogP contribution in [-0.4, -0.2) is 24.8 Å². The van der Waals surface area contributed by atoms with E-state index in [0.717, 1.165) is 0 Å². The molecule has 0 saturated heterocycles. The van der Waals surface area contributed by atoms with Crippen molar-refractivity contribution >= 4 is 11.7 Å². The molecule has 0 aromatic heterocycles. The maximum atomic E-state index is 10.7. The maximum absolute atomic E-state index is 10.7. The molecule has 0 heterocycles. The molecule has 0 aliphatic heterocycles. The third-order valence-electron chi connectivity index (χ3n) is 1.68. The molecule has 0 rings (SSSR count). The van der Waals surface area contributed by atoms with Crippen LogP contribution in [0.25, 0.3) is 0 Å². The van der Waals surface area contributed by atoms with Gasteiger partial charge in [0.1, 0.15) is 5.78 Å². The first-order chi connectivity index (χ1) is 5.56. The van der Waals surface area contributed by atoms with Crippen LogP contribution in [0, 0.1) is 0 Å². The van der Waals surface area contributed by atoms with Gasteiger partial charge in [-0.15, -0.1) is 0 Å². The van der Waals surface area contributed by atoms with Crippen LogP contribution in [-0.2, 0) is 9.59 Å². The Morgan fingerprint density at radius 2 is 2.08 bits per heavy atom. The topological polar surface area (TPSA) is 72.2 Å². The first kappa shape index (κ1) is 11.1. The van der Waals surface area contributed by atoms with Gasteiger partial charge in [0, 0.05) is 18.9 Å². The second-order valence-electron chi connectivity index (χ2n) is 2.90. The zero-order valence-electron chi connectivity index (χ0n) is 7.59. The van der Waals surface area contributed by atoms with Crippen molar-refractivity contribution in [1.29, 1.82) is 0 Å². The number of carbonyl (C=O) groups excluding carboxylic acids is 2. The van der Waals surface area contributed by atoms with Crippen LogP contribution < -0.4 is 11.1 Å². The van der Waals surface area contributed by atoms with Crippen molar-refractivity contribution in [3.05, 3.63) is 0 Å². The number of rotatable bonds is 6. The Balaban J connectivity index is 3.67. The molecule has 4 nitrogen and oxygen atoms in total. The highest BCUT2D eigenvalue weighted by atomic mass is 16.1. The van der Waals surface area contributed by atoms with Crippen LogP contribution in [0.3, 0.4) is 0 Å². The minimum absolute atomic E-state index is 0.0787. The molecule has 4 heteroatoms. The van der Waals surface area contributed by atoms with Gasteiger partial charge >= 0.3 is 0 Å². The molecule has 0 spiro atoms. The van der Waals surface area contributed by atoms with Crippen LogP contribution in [0.15, 0.2) is 0 Å². The van der Waals surface area contributed by atoms with E-state index in [1.165, 1.54) is 6.92 Å². The van der Waals surface area contributed by atoms with Gasteiger partial charge in [-0.25, -0.2) is 0 Å². The van der Waals surface area contributed by atoms with Crippen LogP contribution in [0.2, 0.25) is 0 Å². The Kier molecular flexibility index (Phi) is 5.28. The fraction of sp³-hybridized carbons (Fsp3) is 0.750. The normalized spacial score (nSPS) is 12.5. The summed E-state index contributed by atoms with van der Waals surface area (Å²) in [6, 6.07) is 0.0787. The Bertz CT molecular complexity index is 168. The first-order valence-electron chi connectivity index (χ1n) is 4.01. The van der Waals surface area contributed by atoms with E-state index in [1.54, 1.807) is 7.05 Å². The third kappa shape index (κ3) is 5.85. The molecule has 0 aliphatic carbocycles. The second-order valence-corrected chi connectivity index (χ2v) is 2.90. The predicted octanol–water partition coefficient (Wildman–Crippen LogP) is -0.181. The number of nitrogens with two attached hydrogens (primary N) is 1. The molecular weight excluding hydrogens is 156 g/mol. The maximum Gasteiger partial charge on any atom is 0.217 e. The summed E-state index contributed by atoms with van der Waals surface area (Å²) in [4.78, 5) is 21.1. The standard InChI is InChI=1S/C8H16N2O2/c1-6(11)5-7(10-2)3-4-8(9)12/h7,10H,3-5H2,1-2H3,(H2,9,12)/t7-/m0/s1. The molecule has 0 radical (unpaired) electrons. The lowest BCUT2D eigenvalue weighted by Crippen LogP contribution is -2.29. The number of carbonyl (C=O) groups is 2. The van der Waals surface area contributed by atoms with E-state index in [2.05, 4.69) is 5.32 Å². The molecule has 1 amide bonds. The third-order valence-corrected chi connectivity index (χ3v) is 1.68. The number of nitrogens with one attached hydrogen (secondary N) is 1. The average Bonchev–Trinajstić information content (AvgIpc) is 1.97. The summed E-state index contributed by atoms with van der Waals surface area (Å²) in [5.41, 5.74) is 4.97. The van der Waals surface area contributed by atoms with Crippen LogP contribution >= 0.6 is 0 Å². The van der Waals surface area contributed by atoms with Crippen molar-refractivity contribution in [3.63, 3.8) is 0 Å². The fourth-order valence-electron chi connectivity index (χ4n) is 1.01. The van der Waals surface area contributed by atoms with Gasteiger partial charge in [0.15, 0.2) is 0 Å². The van der Waals surface area contributed by atoms with Crippen molar-refractivity contribution < 1.29 is 9.59 Å². The summed E-state index contributed by atoms with van der Waals surface area (Å²) in [7, 11) is 1.77. The molecule has 3 N–H and O–H groups in total. The van der Waals surface area contributed by atoms with E-state index in [4.69, 9.17) is 5.73 Å². The quantitative estimate of drug-likeness (QED) is 0.583. The van der Waals surface area contributed by atoms with Crippen molar-refractivity contribution in [2.24, 2.45) is 5.73 Å². The number of primary amides is 1. The highest BCUT2D eigenvalue weighted by Crippen LogP contribution is 2.01. The Hall–Kier alpha value is -0.900. The molecule has 0 aromatic carbocycles. The largest absolute Gasteiger partial charge is 0.370 e. The van der Waals surface area contributed by atoms with Gasteiger partial charge in [-0.3, -0.25) is 9.59 Å². The van der Waals surface area contributed by atoms with Gasteiger partial charge in [0.05, 0.1) is 0 Å².